The number of nitrogens with zero attached hydrogens (tertiary/aromatic N) is 1. The summed E-state index contributed by atoms with van der Waals surface area (Å²) in [6.45, 7) is 6.22. The van der Waals surface area contributed by atoms with E-state index >= 15 is 0 Å². The first-order valence-electron chi connectivity index (χ1n) is 12.2. The van der Waals surface area contributed by atoms with E-state index in [4.69, 9.17) is 9.47 Å². The zero-order valence-electron chi connectivity index (χ0n) is 20.8. The van der Waals surface area contributed by atoms with Gasteiger partial charge in [0, 0.05) is 18.2 Å². The molecule has 0 saturated heterocycles. The monoisotopic (exact) mass is 485 g/mol. The second kappa shape index (κ2) is 11.1. The molecule has 0 spiro atoms. The Morgan fingerprint density at radius 1 is 0.972 bits per heavy atom. The number of rotatable bonds is 10. The Balaban J connectivity index is 1.75. The third-order valence-electron chi connectivity index (χ3n) is 5.94. The molecular weight excluding hydrogens is 454 g/mol. The Morgan fingerprint density at radius 3 is 2.42 bits per heavy atom. The first-order valence-corrected chi connectivity index (χ1v) is 12.2. The van der Waals surface area contributed by atoms with Gasteiger partial charge in [-0.25, -0.2) is 0 Å². The molecule has 0 aliphatic carbocycles. The number of hydrogen-bond donors (Lipinski definition) is 1. The molecule has 36 heavy (non-hydrogen) atoms. The van der Waals surface area contributed by atoms with E-state index in [0.717, 1.165) is 5.56 Å². The lowest BCUT2D eigenvalue weighted by atomic mass is 9.93. The van der Waals surface area contributed by atoms with E-state index in [-0.39, 0.29) is 23.9 Å². The van der Waals surface area contributed by atoms with Gasteiger partial charge in [0.25, 0.3) is 5.91 Å². The highest BCUT2D eigenvalue weighted by atomic mass is 16.5. The maximum atomic E-state index is 13.5. The van der Waals surface area contributed by atoms with Crippen LogP contribution in [-0.4, -0.2) is 29.5 Å². The lowest BCUT2D eigenvalue weighted by Gasteiger charge is -2.27. The number of benzene rings is 3. The van der Waals surface area contributed by atoms with Gasteiger partial charge in [-0.15, -0.1) is 0 Å². The molecule has 6 heteroatoms. The van der Waals surface area contributed by atoms with Crippen LogP contribution in [0, 0.1) is 0 Å². The van der Waals surface area contributed by atoms with E-state index in [0.29, 0.717) is 35.8 Å². The molecule has 186 valence electrons. The summed E-state index contributed by atoms with van der Waals surface area (Å²) in [4.78, 5) is 28.4. The molecule has 1 unspecified atom stereocenters. The van der Waals surface area contributed by atoms with Crippen molar-refractivity contribution in [1.29, 1.82) is 0 Å². The number of amides is 1. The number of ketones is 1. The molecule has 0 radical (unpaired) electrons. The fourth-order valence-electron chi connectivity index (χ4n) is 4.43. The van der Waals surface area contributed by atoms with Crippen LogP contribution in [0.15, 0.2) is 90.2 Å². The number of carbonyl (C=O) groups excluding carboxylic acids is 2. The second-order valence-electron chi connectivity index (χ2n) is 8.92. The minimum atomic E-state index is -0.798. The molecule has 0 aromatic heterocycles. The molecule has 6 nitrogen and oxygen atoms in total. The Hall–Kier alpha value is -4.06. The molecule has 1 N–H and O–H groups in total. The summed E-state index contributed by atoms with van der Waals surface area (Å²) >= 11 is 0. The Morgan fingerprint density at radius 2 is 1.69 bits per heavy atom. The van der Waals surface area contributed by atoms with Gasteiger partial charge < -0.3 is 14.6 Å². The van der Waals surface area contributed by atoms with Crippen LogP contribution >= 0.6 is 0 Å². The van der Waals surface area contributed by atoms with Crippen molar-refractivity contribution in [2.75, 3.05) is 11.5 Å². The molecule has 1 amide bonds. The largest absolute Gasteiger partial charge is 0.503 e. The highest BCUT2D eigenvalue weighted by molar-refractivity contribution is 6.16. The van der Waals surface area contributed by atoms with Crippen LogP contribution in [0.3, 0.4) is 0 Å². The summed E-state index contributed by atoms with van der Waals surface area (Å²) in [6, 6.07) is 23.3. The maximum Gasteiger partial charge on any atom is 0.294 e. The number of aliphatic hydroxyl groups is 1. The lowest BCUT2D eigenvalue weighted by molar-refractivity contribution is -0.118. The number of ether oxygens (including phenoxy) is 2. The summed E-state index contributed by atoms with van der Waals surface area (Å²) in [5, 5.41) is 11.0. The molecule has 1 atom stereocenters. The minimum absolute atomic E-state index is 0.0413. The highest BCUT2D eigenvalue weighted by Crippen LogP contribution is 2.43. The van der Waals surface area contributed by atoms with Crippen LogP contribution < -0.4 is 14.4 Å². The Labute approximate surface area is 211 Å². The van der Waals surface area contributed by atoms with Crippen molar-refractivity contribution >= 4 is 17.4 Å². The molecule has 4 rings (SSSR count). The van der Waals surface area contributed by atoms with Crippen LogP contribution in [0.25, 0.3) is 0 Å². The SMILES string of the molecule is CCOc1cccc(N2C(=O)C(O)=C(C(=O)CCc3ccccc3)C2c2cccc(OC(C)C)c2)c1. The van der Waals surface area contributed by atoms with Crippen LogP contribution in [-0.2, 0) is 16.0 Å². The van der Waals surface area contributed by atoms with Gasteiger partial charge in [0.05, 0.1) is 24.3 Å². The van der Waals surface area contributed by atoms with E-state index < -0.39 is 17.7 Å². The number of aliphatic hydroxyl groups excluding tert-OH is 1. The van der Waals surface area contributed by atoms with Crippen molar-refractivity contribution < 1.29 is 24.2 Å². The average molecular weight is 486 g/mol. The average Bonchev–Trinajstić information content (AvgIpc) is 3.14. The predicted octanol–water partition coefficient (Wildman–Crippen LogP) is 5.97. The second-order valence-corrected chi connectivity index (χ2v) is 8.92. The third kappa shape index (κ3) is 5.43. The van der Waals surface area contributed by atoms with Crippen molar-refractivity contribution in [2.45, 2.75) is 45.8 Å². The van der Waals surface area contributed by atoms with Gasteiger partial charge in [0.1, 0.15) is 11.5 Å². The van der Waals surface area contributed by atoms with E-state index in [1.54, 1.807) is 24.3 Å². The summed E-state index contributed by atoms with van der Waals surface area (Å²) in [5.74, 6) is -0.183. The lowest BCUT2D eigenvalue weighted by Crippen LogP contribution is -2.31. The molecule has 3 aromatic carbocycles. The first kappa shape index (κ1) is 25.0. The van der Waals surface area contributed by atoms with Crippen molar-refractivity contribution in [3.05, 3.63) is 101 Å². The number of aryl methyl sites for hydroxylation is 1. The van der Waals surface area contributed by atoms with Crippen molar-refractivity contribution in [1.82, 2.24) is 0 Å². The van der Waals surface area contributed by atoms with Crippen LogP contribution in [0.4, 0.5) is 5.69 Å². The van der Waals surface area contributed by atoms with Crippen LogP contribution in [0.2, 0.25) is 0 Å². The standard InChI is InChI=1S/C30H31NO5/c1-4-35-24-14-9-13-23(19-24)31-28(22-12-8-15-25(18-22)36-20(2)3)27(29(33)30(31)34)26(32)17-16-21-10-6-5-7-11-21/h5-15,18-20,28,33H,4,16-17H2,1-3H3. The quantitative estimate of drug-likeness (QED) is 0.383. The zero-order valence-corrected chi connectivity index (χ0v) is 20.8. The van der Waals surface area contributed by atoms with Crippen molar-refractivity contribution in [3.8, 4) is 11.5 Å². The van der Waals surface area contributed by atoms with Crippen LogP contribution in [0.1, 0.15) is 44.4 Å². The molecule has 0 bridgehead atoms. The third-order valence-corrected chi connectivity index (χ3v) is 5.94. The summed E-state index contributed by atoms with van der Waals surface area (Å²) in [7, 11) is 0. The number of carbonyl (C=O) groups is 2. The Kier molecular flexibility index (Phi) is 7.74. The van der Waals surface area contributed by atoms with E-state index in [9.17, 15) is 14.7 Å². The smallest absolute Gasteiger partial charge is 0.294 e. The summed E-state index contributed by atoms with van der Waals surface area (Å²) < 4.78 is 11.5. The zero-order chi connectivity index (χ0) is 25.7. The summed E-state index contributed by atoms with van der Waals surface area (Å²) in [6.07, 6.45) is 0.635. The van der Waals surface area contributed by atoms with Gasteiger partial charge in [0.15, 0.2) is 11.5 Å². The maximum absolute atomic E-state index is 13.5. The normalized spacial score (nSPS) is 15.5. The van der Waals surface area contributed by atoms with Gasteiger partial charge in [-0.1, -0.05) is 48.5 Å². The van der Waals surface area contributed by atoms with Crippen molar-refractivity contribution in [2.24, 2.45) is 0 Å². The van der Waals surface area contributed by atoms with Crippen LogP contribution in [0.5, 0.6) is 11.5 Å². The minimum Gasteiger partial charge on any atom is -0.503 e. The first-order chi connectivity index (χ1) is 17.4. The fourth-order valence-corrected chi connectivity index (χ4v) is 4.43. The predicted molar refractivity (Wildman–Crippen MR) is 139 cm³/mol. The number of hydrogen-bond acceptors (Lipinski definition) is 5. The summed E-state index contributed by atoms with van der Waals surface area (Å²) in [5.41, 5.74) is 2.32. The molecule has 0 saturated carbocycles. The molecular formula is C30H31NO5. The van der Waals surface area contributed by atoms with Gasteiger partial charge >= 0.3 is 0 Å². The van der Waals surface area contributed by atoms with Gasteiger partial charge in [-0.2, -0.15) is 0 Å². The van der Waals surface area contributed by atoms with Gasteiger partial charge in [-0.05, 0) is 62.6 Å². The van der Waals surface area contributed by atoms with E-state index in [2.05, 4.69) is 0 Å². The number of Topliss-reactive ketones (excluding diaryl/α,β-unsaturated/α-hetero) is 1. The molecule has 0 fully saturated rings. The van der Waals surface area contributed by atoms with E-state index in [1.165, 1.54) is 4.90 Å². The van der Waals surface area contributed by atoms with Gasteiger partial charge in [0.2, 0.25) is 0 Å². The molecule has 3 aromatic rings. The molecule has 1 aliphatic rings. The van der Waals surface area contributed by atoms with Crippen molar-refractivity contribution in [3.63, 3.8) is 0 Å². The van der Waals surface area contributed by atoms with Gasteiger partial charge in [-0.3, -0.25) is 14.5 Å². The highest BCUT2D eigenvalue weighted by Gasteiger charge is 2.44. The Bertz CT molecular complexity index is 1270. The molecule has 1 aliphatic heterocycles. The topological polar surface area (TPSA) is 76.1 Å². The number of anilines is 1. The molecule has 1 heterocycles. The fraction of sp³-hybridized carbons (Fsp3) is 0.267. The van der Waals surface area contributed by atoms with E-state index in [1.807, 2.05) is 75.4 Å².